The van der Waals surface area contributed by atoms with Crippen molar-refractivity contribution < 1.29 is 9.90 Å². The Morgan fingerprint density at radius 1 is 1.52 bits per heavy atom. The number of aromatic nitrogens is 4. The lowest BCUT2D eigenvalue weighted by atomic mass is 10.3. The van der Waals surface area contributed by atoms with Crippen LogP contribution in [0.5, 0.6) is 0 Å². The largest absolute Gasteiger partial charge is 0.481 e. The van der Waals surface area contributed by atoms with Gasteiger partial charge < -0.3 is 9.67 Å². The van der Waals surface area contributed by atoms with Crippen LogP contribution in [0.2, 0.25) is 0 Å². The normalized spacial score (nSPS) is 11.1. The van der Waals surface area contributed by atoms with Crippen LogP contribution in [0, 0.1) is 6.92 Å². The topological polar surface area (TPSA) is 80.9 Å². The molecule has 0 unspecified atom stereocenters. The van der Waals surface area contributed by atoms with Crippen LogP contribution >= 0.6 is 23.1 Å². The number of pyridine rings is 1. The van der Waals surface area contributed by atoms with Crippen LogP contribution < -0.4 is 0 Å². The molecule has 0 aromatic carbocycles. The smallest absolute Gasteiger partial charge is 0.313 e. The fraction of sp³-hybridized carbons (Fsp3) is 0.231. The van der Waals surface area contributed by atoms with E-state index in [1.165, 1.54) is 11.8 Å². The van der Waals surface area contributed by atoms with Gasteiger partial charge in [-0.3, -0.25) is 9.78 Å². The molecule has 3 rings (SSSR count). The minimum atomic E-state index is -0.856. The maximum absolute atomic E-state index is 10.8. The van der Waals surface area contributed by atoms with Crippen molar-refractivity contribution in [2.24, 2.45) is 0 Å². The van der Waals surface area contributed by atoms with Crippen molar-refractivity contribution in [2.45, 2.75) is 18.6 Å². The summed E-state index contributed by atoms with van der Waals surface area (Å²) in [5.74, 6) is -0.871. The van der Waals surface area contributed by atoms with Gasteiger partial charge in [-0.2, -0.15) is 0 Å². The first-order valence-corrected chi connectivity index (χ1v) is 8.05. The van der Waals surface area contributed by atoms with Crippen molar-refractivity contribution in [3.05, 3.63) is 34.5 Å². The number of rotatable bonds is 5. The molecule has 0 spiro atoms. The van der Waals surface area contributed by atoms with Crippen LogP contribution in [0.15, 0.2) is 29.1 Å². The van der Waals surface area contributed by atoms with Crippen LogP contribution in [0.25, 0.3) is 11.0 Å². The number of thiazole rings is 1. The molecule has 0 saturated carbocycles. The monoisotopic (exact) mass is 320 g/mol. The van der Waals surface area contributed by atoms with E-state index in [2.05, 4.69) is 15.0 Å². The average Bonchev–Trinajstić information content (AvgIpc) is 3.02. The van der Waals surface area contributed by atoms with Gasteiger partial charge in [0.05, 0.1) is 35.2 Å². The Hall–Kier alpha value is -1.93. The molecule has 6 nitrogen and oxygen atoms in total. The predicted molar refractivity (Wildman–Crippen MR) is 81.8 cm³/mol. The molecule has 1 N–H and O–H groups in total. The predicted octanol–water partition coefficient (Wildman–Crippen LogP) is 2.42. The van der Waals surface area contributed by atoms with Crippen LogP contribution in [0.3, 0.4) is 0 Å². The fourth-order valence-electron chi connectivity index (χ4n) is 1.97. The molecular weight excluding hydrogens is 308 g/mol. The van der Waals surface area contributed by atoms with Gasteiger partial charge in [-0.25, -0.2) is 9.97 Å². The summed E-state index contributed by atoms with van der Waals surface area (Å²) in [4.78, 5) is 24.7. The van der Waals surface area contributed by atoms with E-state index in [0.29, 0.717) is 11.7 Å². The van der Waals surface area contributed by atoms with Gasteiger partial charge in [0.1, 0.15) is 5.52 Å². The summed E-state index contributed by atoms with van der Waals surface area (Å²) in [7, 11) is 0. The lowest BCUT2D eigenvalue weighted by Crippen LogP contribution is -2.04. The number of hydrogen-bond donors (Lipinski definition) is 1. The molecule has 3 heterocycles. The van der Waals surface area contributed by atoms with E-state index in [4.69, 9.17) is 5.11 Å². The maximum Gasteiger partial charge on any atom is 0.313 e. The minimum absolute atomic E-state index is 0.0155. The number of aliphatic carboxylic acids is 1. The number of nitrogens with zero attached hydrogens (tertiary/aromatic N) is 4. The second-order valence-corrected chi connectivity index (χ2v) is 6.27. The first-order valence-electron chi connectivity index (χ1n) is 6.19. The zero-order valence-corrected chi connectivity index (χ0v) is 12.8. The minimum Gasteiger partial charge on any atom is -0.481 e. The highest BCUT2D eigenvalue weighted by Gasteiger charge is 2.14. The summed E-state index contributed by atoms with van der Waals surface area (Å²) in [6, 6.07) is 1.89. The van der Waals surface area contributed by atoms with Crippen molar-refractivity contribution in [3.8, 4) is 0 Å². The lowest BCUT2D eigenvalue weighted by molar-refractivity contribution is -0.133. The highest BCUT2D eigenvalue weighted by atomic mass is 32.2. The number of imidazole rings is 1. The number of thioether (sulfide) groups is 1. The Morgan fingerprint density at radius 2 is 2.38 bits per heavy atom. The third kappa shape index (κ3) is 2.91. The summed E-state index contributed by atoms with van der Waals surface area (Å²) in [6.45, 7) is 2.61. The quantitative estimate of drug-likeness (QED) is 0.727. The van der Waals surface area contributed by atoms with Gasteiger partial charge in [-0.1, -0.05) is 11.8 Å². The second-order valence-electron chi connectivity index (χ2n) is 4.39. The van der Waals surface area contributed by atoms with Gasteiger partial charge in [0, 0.05) is 11.1 Å². The standard InChI is InChI=1S/C13H12N4O2S2/c1-8-11(21-7-15-8)5-17-10-2-3-14-4-9(10)16-13(17)20-6-12(18)19/h2-4,7H,5-6H2,1H3,(H,18,19). The van der Waals surface area contributed by atoms with Crippen molar-refractivity contribution in [1.82, 2.24) is 19.5 Å². The SMILES string of the molecule is Cc1ncsc1Cn1c(SCC(=O)O)nc2cnccc21. The van der Waals surface area contributed by atoms with Crippen molar-refractivity contribution >= 4 is 40.1 Å². The van der Waals surface area contributed by atoms with E-state index in [1.807, 2.05) is 23.1 Å². The summed E-state index contributed by atoms with van der Waals surface area (Å²) in [5, 5.41) is 9.55. The number of hydrogen-bond acceptors (Lipinski definition) is 6. The zero-order chi connectivity index (χ0) is 14.8. The fourth-order valence-corrected chi connectivity index (χ4v) is 3.47. The molecular formula is C13H12N4O2S2. The van der Waals surface area contributed by atoms with Gasteiger partial charge in [-0.15, -0.1) is 11.3 Å². The summed E-state index contributed by atoms with van der Waals surface area (Å²) in [5.41, 5.74) is 4.53. The molecule has 108 valence electrons. The van der Waals surface area contributed by atoms with Crippen LogP contribution in [0.1, 0.15) is 10.6 Å². The maximum atomic E-state index is 10.8. The van der Waals surface area contributed by atoms with Crippen molar-refractivity contribution in [2.75, 3.05) is 5.75 Å². The molecule has 8 heteroatoms. The molecule has 0 bridgehead atoms. The second kappa shape index (κ2) is 5.82. The summed E-state index contributed by atoms with van der Waals surface area (Å²) in [6.07, 6.45) is 3.40. The molecule has 0 fully saturated rings. The van der Waals surface area contributed by atoms with Gasteiger partial charge in [0.15, 0.2) is 5.16 Å². The number of fused-ring (bicyclic) bond motifs is 1. The molecule has 0 amide bonds. The number of aryl methyl sites for hydroxylation is 1. The van der Waals surface area contributed by atoms with Crippen LogP contribution in [0.4, 0.5) is 0 Å². The Balaban J connectivity index is 2.02. The average molecular weight is 320 g/mol. The number of carboxylic acids is 1. The molecule has 3 aromatic rings. The Kier molecular flexibility index (Phi) is 3.89. The van der Waals surface area contributed by atoms with Crippen LogP contribution in [-0.2, 0) is 11.3 Å². The summed E-state index contributed by atoms with van der Waals surface area (Å²) >= 11 is 2.81. The van der Waals surface area contributed by atoms with Gasteiger partial charge in [-0.05, 0) is 13.0 Å². The Labute approximate surface area is 128 Å². The Bertz CT molecular complexity index is 796. The number of carboxylic acid groups (broad SMARTS) is 1. The van der Waals surface area contributed by atoms with E-state index in [9.17, 15) is 4.79 Å². The van der Waals surface area contributed by atoms with Gasteiger partial charge >= 0.3 is 5.97 Å². The van der Waals surface area contributed by atoms with E-state index in [1.54, 1.807) is 23.7 Å². The molecule has 0 aliphatic heterocycles. The molecule has 0 radical (unpaired) electrons. The van der Waals surface area contributed by atoms with E-state index >= 15 is 0 Å². The Morgan fingerprint density at radius 3 is 3.10 bits per heavy atom. The highest BCUT2D eigenvalue weighted by Crippen LogP contribution is 2.26. The zero-order valence-electron chi connectivity index (χ0n) is 11.2. The summed E-state index contributed by atoms with van der Waals surface area (Å²) < 4.78 is 2.02. The van der Waals surface area contributed by atoms with Crippen LogP contribution in [-0.4, -0.2) is 36.3 Å². The highest BCUT2D eigenvalue weighted by molar-refractivity contribution is 7.99. The third-order valence-corrected chi connectivity index (χ3v) is 4.87. The van der Waals surface area contributed by atoms with E-state index in [-0.39, 0.29) is 5.75 Å². The van der Waals surface area contributed by atoms with E-state index in [0.717, 1.165) is 21.6 Å². The van der Waals surface area contributed by atoms with Crippen molar-refractivity contribution in [3.63, 3.8) is 0 Å². The molecule has 0 aliphatic carbocycles. The molecule has 0 atom stereocenters. The first-order chi connectivity index (χ1) is 10.1. The van der Waals surface area contributed by atoms with Crippen molar-refractivity contribution in [1.29, 1.82) is 0 Å². The van der Waals surface area contributed by atoms with Gasteiger partial charge in [0.25, 0.3) is 0 Å². The first kappa shape index (κ1) is 14.0. The van der Waals surface area contributed by atoms with E-state index < -0.39 is 5.97 Å². The van der Waals surface area contributed by atoms with Gasteiger partial charge in [0.2, 0.25) is 0 Å². The number of carbonyl (C=O) groups is 1. The lowest BCUT2D eigenvalue weighted by Gasteiger charge is -2.07. The third-order valence-electron chi connectivity index (χ3n) is 2.99. The molecule has 0 saturated heterocycles. The molecule has 3 aromatic heterocycles. The molecule has 0 aliphatic rings. The molecule has 21 heavy (non-hydrogen) atoms.